The zero-order chi connectivity index (χ0) is 19.6. The third-order valence-corrected chi connectivity index (χ3v) is 4.00. The maximum Gasteiger partial charge on any atom is 0.195 e. The Hall–Kier alpha value is -2.00. The summed E-state index contributed by atoms with van der Waals surface area (Å²) < 4.78 is 11.0. The van der Waals surface area contributed by atoms with Crippen LogP contribution in [0, 0.1) is 0 Å². The van der Waals surface area contributed by atoms with E-state index in [4.69, 9.17) is 9.47 Å². The summed E-state index contributed by atoms with van der Waals surface area (Å²) in [5.41, 5.74) is 3.43. The molecule has 0 atom stereocenters. The standard InChI is InChI=1S/C21H30N4O2.HI/c1-6-27-20-13-18(11-12-19(20)26-5)24-21(22-2)23-14-16-9-7-8-10-17(16)15-25(3)4;/h7-13H,6,14-15H2,1-5H3,(H2,22,23,24);1H. The van der Waals surface area contributed by atoms with Crippen LogP contribution in [0.4, 0.5) is 5.69 Å². The monoisotopic (exact) mass is 498 g/mol. The molecule has 2 aromatic carbocycles. The summed E-state index contributed by atoms with van der Waals surface area (Å²) in [4.78, 5) is 6.48. The lowest BCUT2D eigenvalue weighted by Gasteiger charge is -2.17. The van der Waals surface area contributed by atoms with E-state index in [2.05, 4.69) is 58.9 Å². The second-order valence-corrected chi connectivity index (χ2v) is 6.36. The van der Waals surface area contributed by atoms with Crippen molar-refractivity contribution in [2.45, 2.75) is 20.0 Å². The molecule has 0 aliphatic heterocycles. The Morgan fingerprint density at radius 3 is 2.39 bits per heavy atom. The van der Waals surface area contributed by atoms with Crippen LogP contribution in [0.25, 0.3) is 0 Å². The molecule has 0 unspecified atom stereocenters. The normalized spacial score (nSPS) is 11.0. The van der Waals surface area contributed by atoms with Crippen molar-refractivity contribution in [3.8, 4) is 11.5 Å². The number of hydrogen-bond donors (Lipinski definition) is 2. The number of rotatable bonds is 8. The highest BCUT2D eigenvalue weighted by atomic mass is 127. The second-order valence-electron chi connectivity index (χ2n) is 6.36. The summed E-state index contributed by atoms with van der Waals surface area (Å²) in [6.45, 7) is 4.12. The molecule has 0 saturated heterocycles. The Bertz CT molecular complexity index is 766. The zero-order valence-corrected chi connectivity index (χ0v) is 19.6. The van der Waals surface area contributed by atoms with E-state index in [1.807, 2.05) is 25.1 Å². The zero-order valence-electron chi connectivity index (χ0n) is 17.3. The molecule has 0 aliphatic carbocycles. The number of anilines is 1. The van der Waals surface area contributed by atoms with Gasteiger partial charge in [-0.3, -0.25) is 4.99 Å². The van der Waals surface area contributed by atoms with Crippen LogP contribution in [-0.2, 0) is 13.1 Å². The topological polar surface area (TPSA) is 58.1 Å². The van der Waals surface area contributed by atoms with Gasteiger partial charge in [-0.1, -0.05) is 24.3 Å². The summed E-state index contributed by atoms with van der Waals surface area (Å²) in [6, 6.07) is 14.2. The van der Waals surface area contributed by atoms with Gasteiger partial charge < -0.3 is 25.0 Å². The van der Waals surface area contributed by atoms with Gasteiger partial charge in [0.1, 0.15) is 0 Å². The quantitative estimate of drug-likeness (QED) is 0.328. The molecule has 7 heteroatoms. The van der Waals surface area contributed by atoms with Crippen LogP contribution < -0.4 is 20.1 Å². The summed E-state index contributed by atoms with van der Waals surface area (Å²) in [6.07, 6.45) is 0. The van der Waals surface area contributed by atoms with Crippen molar-refractivity contribution in [3.63, 3.8) is 0 Å². The van der Waals surface area contributed by atoms with E-state index in [0.29, 0.717) is 30.6 Å². The number of nitrogens with one attached hydrogen (secondary N) is 2. The highest BCUT2D eigenvalue weighted by Gasteiger charge is 2.08. The van der Waals surface area contributed by atoms with E-state index in [9.17, 15) is 0 Å². The van der Waals surface area contributed by atoms with Gasteiger partial charge in [0.25, 0.3) is 0 Å². The predicted octanol–water partition coefficient (Wildman–Crippen LogP) is 3.96. The Balaban J connectivity index is 0.00000392. The molecule has 6 nitrogen and oxygen atoms in total. The van der Waals surface area contributed by atoms with Crippen LogP contribution >= 0.6 is 24.0 Å². The lowest BCUT2D eigenvalue weighted by atomic mass is 10.1. The van der Waals surface area contributed by atoms with Crippen LogP contribution in [0.5, 0.6) is 11.5 Å². The smallest absolute Gasteiger partial charge is 0.195 e. The number of hydrogen-bond acceptors (Lipinski definition) is 4. The van der Waals surface area contributed by atoms with Gasteiger partial charge in [-0.25, -0.2) is 0 Å². The maximum atomic E-state index is 5.64. The maximum absolute atomic E-state index is 5.64. The average Bonchev–Trinajstić information content (AvgIpc) is 2.66. The van der Waals surface area contributed by atoms with Crippen molar-refractivity contribution in [1.29, 1.82) is 0 Å². The summed E-state index contributed by atoms with van der Waals surface area (Å²) >= 11 is 0. The first kappa shape index (κ1) is 24.0. The first-order valence-electron chi connectivity index (χ1n) is 9.07. The molecule has 0 bridgehead atoms. The van der Waals surface area contributed by atoms with Crippen LogP contribution in [-0.4, -0.2) is 45.7 Å². The Labute approximate surface area is 185 Å². The molecular formula is C21H31IN4O2. The lowest BCUT2D eigenvalue weighted by molar-refractivity contribution is 0.311. The van der Waals surface area contributed by atoms with Gasteiger partial charge >= 0.3 is 0 Å². The number of nitrogens with zero attached hydrogens (tertiary/aromatic N) is 2. The Kier molecular flexibility index (Phi) is 10.7. The van der Waals surface area contributed by atoms with Crippen LogP contribution in [0.2, 0.25) is 0 Å². The highest BCUT2D eigenvalue weighted by molar-refractivity contribution is 14.0. The first-order chi connectivity index (χ1) is 13.1. The Morgan fingerprint density at radius 2 is 1.79 bits per heavy atom. The van der Waals surface area contributed by atoms with E-state index in [1.54, 1.807) is 14.2 Å². The van der Waals surface area contributed by atoms with Gasteiger partial charge in [0.2, 0.25) is 0 Å². The van der Waals surface area contributed by atoms with Crippen molar-refractivity contribution in [2.24, 2.45) is 4.99 Å². The molecule has 2 N–H and O–H groups in total. The third-order valence-electron chi connectivity index (χ3n) is 4.00. The van der Waals surface area contributed by atoms with Gasteiger partial charge in [-0.2, -0.15) is 0 Å². The van der Waals surface area contributed by atoms with Crippen molar-refractivity contribution >= 4 is 35.6 Å². The van der Waals surface area contributed by atoms with Crippen molar-refractivity contribution in [2.75, 3.05) is 40.2 Å². The van der Waals surface area contributed by atoms with Gasteiger partial charge in [-0.15, -0.1) is 24.0 Å². The van der Waals surface area contributed by atoms with Crippen LogP contribution in [0.15, 0.2) is 47.5 Å². The van der Waals surface area contributed by atoms with Gasteiger partial charge in [0, 0.05) is 31.9 Å². The summed E-state index contributed by atoms with van der Waals surface area (Å²) in [5, 5.41) is 6.68. The number of methoxy groups -OCH3 is 1. The van der Waals surface area contributed by atoms with E-state index in [0.717, 1.165) is 12.2 Å². The molecule has 0 fully saturated rings. The van der Waals surface area contributed by atoms with Gasteiger partial charge in [0.05, 0.1) is 13.7 Å². The third kappa shape index (κ3) is 7.20. The molecule has 154 valence electrons. The predicted molar refractivity (Wildman–Crippen MR) is 127 cm³/mol. The number of halogens is 1. The molecule has 0 heterocycles. The fourth-order valence-electron chi connectivity index (χ4n) is 2.74. The molecule has 2 aromatic rings. The summed E-state index contributed by atoms with van der Waals surface area (Å²) in [5.74, 6) is 2.11. The first-order valence-corrected chi connectivity index (χ1v) is 9.07. The number of benzene rings is 2. The average molecular weight is 498 g/mol. The molecule has 2 rings (SSSR count). The number of guanidine groups is 1. The van der Waals surface area contributed by atoms with E-state index < -0.39 is 0 Å². The summed E-state index contributed by atoms with van der Waals surface area (Å²) in [7, 11) is 7.54. The second kappa shape index (κ2) is 12.5. The molecule has 0 aliphatic rings. The molecule has 28 heavy (non-hydrogen) atoms. The van der Waals surface area contributed by atoms with Gasteiger partial charge in [-0.05, 0) is 44.3 Å². The minimum atomic E-state index is 0. The van der Waals surface area contributed by atoms with Crippen molar-refractivity contribution < 1.29 is 9.47 Å². The van der Waals surface area contributed by atoms with Crippen LogP contribution in [0.1, 0.15) is 18.1 Å². The molecular weight excluding hydrogens is 467 g/mol. The highest BCUT2D eigenvalue weighted by Crippen LogP contribution is 2.30. The molecule has 0 spiro atoms. The minimum Gasteiger partial charge on any atom is -0.493 e. The van der Waals surface area contributed by atoms with Gasteiger partial charge in [0.15, 0.2) is 17.5 Å². The molecule has 0 saturated carbocycles. The number of aliphatic imine (C=N–C) groups is 1. The van der Waals surface area contributed by atoms with E-state index in [1.165, 1.54) is 11.1 Å². The minimum absolute atomic E-state index is 0. The van der Waals surface area contributed by atoms with E-state index >= 15 is 0 Å². The lowest BCUT2D eigenvalue weighted by Crippen LogP contribution is -2.30. The molecule has 0 amide bonds. The SMILES string of the molecule is CCOc1cc(NC(=NC)NCc2ccccc2CN(C)C)ccc1OC.I. The fourth-order valence-corrected chi connectivity index (χ4v) is 2.74. The number of ether oxygens (including phenoxy) is 2. The van der Waals surface area contributed by atoms with Crippen molar-refractivity contribution in [3.05, 3.63) is 53.6 Å². The molecule has 0 radical (unpaired) electrons. The largest absolute Gasteiger partial charge is 0.493 e. The Morgan fingerprint density at radius 1 is 1.07 bits per heavy atom. The van der Waals surface area contributed by atoms with E-state index in [-0.39, 0.29) is 24.0 Å². The molecule has 0 aromatic heterocycles. The fraction of sp³-hybridized carbons (Fsp3) is 0.381. The van der Waals surface area contributed by atoms with Crippen molar-refractivity contribution in [1.82, 2.24) is 10.2 Å². The van der Waals surface area contributed by atoms with Crippen LogP contribution in [0.3, 0.4) is 0 Å².